The summed E-state index contributed by atoms with van der Waals surface area (Å²) in [6.07, 6.45) is 0. The van der Waals surface area contributed by atoms with Gasteiger partial charge < -0.3 is 0 Å². The molecule has 1 aliphatic rings. The molecule has 0 radical (unpaired) electrons. The Morgan fingerprint density at radius 2 is 1.81 bits per heavy atom. The number of thioether (sulfide) groups is 1. The minimum atomic E-state index is -0.0962. The van der Waals surface area contributed by atoms with Crippen molar-refractivity contribution in [2.45, 2.75) is 43.5 Å². The van der Waals surface area contributed by atoms with E-state index in [-0.39, 0.29) is 10.7 Å². The Balaban J connectivity index is 2.10. The van der Waals surface area contributed by atoms with Crippen LogP contribution >= 0.6 is 23.4 Å². The molecular weight excluding hydrogens is 304 g/mol. The average molecular weight is 321 g/mol. The third-order valence-electron chi connectivity index (χ3n) is 3.30. The van der Waals surface area contributed by atoms with Crippen molar-refractivity contribution in [2.24, 2.45) is 5.10 Å². The van der Waals surface area contributed by atoms with Crippen molar-refractivity contribution in [3.05, 3.63) is 40.7 Å². The lowest BCUT2D eigenvalue weighted by Gasteiger charge is -2.23. The van der Waals surface area contributed by atoms with Crippen molar-refractivity contribution < 1.29 is 0 Å². The normalized spacial score (nSPS) is 18.3. The van der Waals surface area contributed by atoms with Crippen molar-refractivity contribution in [2.75, 3.05) is 0 Å². The SMILES string of the molecule is C[C@@H]1Sc2nnc(C(C)(C)C)n2N=C1c1ccc(Cl)cc1. The maximum atomic E-state index is 5.97. The van der Waals surface area contributed by atoms with Gasteiger partial charge in [-0.1, -0.05) is 56.3 Å². The van der Waals surface area contributed by atoms with Crippen LogP contribution in [-0.2, 0) is 5.41 Å². The van der Waals surface area contributed by atoms with Crippen LogP contribution in [0.2, 0.25) is 5.02 Å². The fourth-order valence-corrected chi connectivity index (χ4v) is 3.27. The molecule has 2 heterocycles. The second-order valence-corrected chi connectivity index (χ2v) is 7.86. The molecule has 0 spiro atoms. The zero-order valence-electron chi connectivity index (χ0n) is 12.5. The Kier molecular flexibility index (Phi) is 3.58. The Hall–Kier alpha value is -1.33. The van der Waals surface area contributed by atoms with Gasteiger partial charge in [0.15, 0.2) is 5.82 Å². The lowest BCUT2D eigenvalue weighted by Crippen LogP contribution is -2.25. The molecule has 1 aliphatic heterocycles. The standard InChI is InChI=1S/C15H17ClN4S/c1-9-12(10-5-7-11(16)8-6-10)19-20-13(15(2,3)4)17-18-14(20)21-9/h5-9H,1-4H3/t9-/m0/s1. The van der Waals surface area contributed by atoms with Crippen LogP contribution in [0.4, 0.5) is 0 Å². The molecule has 1 atom stereocenters. The van der Waals surface area contributed by atoms with E-state index in [9.17, 15) is 0 Å². The van der Waals surface area contributed by atoms with Gasteiger partial charge in [0.1, 0.15) is 0 Å². The topological polar surface area (TPSA) is 43.1 Å². The summed E-state index contributed by atoms with van der Waals surface area (Å²) in [6, 6.07) is 7.79. The molecule has 0 unspecified atom stereocenters. The van der Waals surface area contributed by atoms with Crippen molar-refractivity contribution in [3.63, 3.8) is 0 Å². The lowest BCUT2D eigenvalue weighted by atomic mass is 9.96. The van der Waals surface area contributed by atoms with E-state index in [0.717, 1.165) is 27.3 Å². The molecular formula is C15H17ClN4S. The highest BCUT2D eigenvalue weighted by atomic mass is 35.5. The van der Waals surface area contributed by atoms with E-state index >= 15 is 0 Å². The Morgan fingerprint density at radius 1 is 1.14 bits per heavy atom. The van der Waals surface area contributed by atoms with Crippen LogP contribution in [0.5, 0.6) is 0 Å². The fraction of sp³-hybridized carbons (Fsp3) is 0.400. The van der Waals surface area contributed by atoms with Crippen molar-refractivity contribution >= 4 is 29.1 Å². The molecule has 3 rings (SSSR count). The van der Waals surface area contributed by atoms with Gasteiger partial charge in [0.05, 0.1) is 11.0 Å². The lowest BCUT2D eigenvalue weighted by molar-refractivity contribution is 0.508. The number of nitrogens with zero attached hydrogens (tertiary/aromatic N) is 4. The summed E-state index contributed by atoms with van der Waals surface area (Å²) in [4.78, 5) is 0. The van der Waals surface area contributed by atoms with Crippen LogP contribution in [-0.4, -0.2) is 25.8 Å². The summed E-state index contributed by atoms with van der Waals surface area (Å²) in [6.45, 7) is 8.48. The molecule has 0 bridgehead atoms. The predicted octanol–water partition coefficient (Wildman–Crippen LogP) is 3.98. The minimum absolute atomic E-state index is 0.0962. The number of aromatic nitrogens is 3. The highest BCUT2D eigenvalue weighted by Crippen LogP contribution is 2.33. The first-order chi connectivity index (χ1) is 9.86. The number of fused-ring (bicyclic) bond motifs is 1. The van der Waals surface area contributed by atoms with E-state index in [4.69, 9.17) is 16.7 Å². The smallest absolute Gasteiger partial charge is 0.191 e. The number of benzene rings is 1. The number of halogens is 1. The second kappa shape index (κ2) is 5.14. The van der Waals surface area contributed by atoms with E-state index in [1.54, 1.807) is 11.8 Å². The third-order valence-corrected chi connectivity index (χ3v) is 4.59. The van der Waals surface area contributed by atoms with Gasteiger partial charge in [0, 0.05) is 10.4 Å². The highest BCUT2D eigenvalue weighted by molar-refractivity contribution is 8.00. The van der Waals surface area contributed by atoms with Crippen molar-refractivity contribution in [1.29, 1.82) is 0 Å². The maximum absolute atomic E-state index is 5.97. The average Bonchev–Trinajstić information content (AvgIpc) is 2.81. The van der Waals surface area contributed by atoms with Gasteiger partial charge in [-0.2, -0.15) is 9.78 Å². The minimum Gasteiger partial charge on any atom is -0.191 e. The summed E-state index contributed by atoms with van der Waals surface area (Å²) in [5.74, 6) is 0.878. The van der Waals surface area contributed by atoms with E-state index in [0.29, 0.717) is 0 Å². The number of hydrogen-bond donors (Lipinski definition) is 0. The summed E-state index contributed by atoms with van der Waals surface area (Å²) in [5.41, 5.74) is 2.01. The molecule has 0 fully saturated rings. The Bertz CT molecular complexity index is 697. The summed E-state index contributed by atoms with van der Waals surface area (Å²) in [7, 11) is 0. The van der Waals surface area contributed by atoms with Crippen LogP contribution in [0.15, 0.2) is 34.5 Å². The molecule has 1 aromatic heterocycles. The zero-order valence-corrected chi connectivity index (χ0v) is 14.0. The molecule has 0 aliphatic carbocycles. The van der Waals surface area contributed by atoms with Gasteiger partial charge >= 0.3 is 0 Å². The van der Waals surface area contributed by atoms with Gasteiger partial charge in [-0.3, -0.25) is 0 Å². The zero-order chi connectivity index (χ0) is 15.2. The molecule has 110 valence electrons. The predicted molar refractivity (Wildman–Crippen MR) is 87.4 cm³/mol. The number of hydrogen-bond acceptors (Lipinski definition) is 4. The van der Waals surface area contributed by atoms with Gasteiger partial charge in [-0.15, -0.1) is 10.2 Å². The molecule has 0 amide bonds. The van der Waals surface area contributed by atoms with E-state index in [1.165, 1.54) is 0 Å². The van der Waals surface area contributed by atoms with E-state index < -0.39 is 0 Å². The Labute approximate surface area is 133 Å². The van der Waals surface area contributed by atoms with Crippen LogP contribution in [0, 0.1) is 0 Å². The molecule has 0 saturated carbocycles. The van der Waals surface area contributed by atoms with Gasteiger partial charge in [0.25, 0.3) is 0 Å². The second-order valence-electron chi connectivity index (χ2n) is 6.12. The largest absolute Gasteiger partial charge is 0.212 e. The highest BCUT2D eigenvalue weighted by Gasteiger charge is 2.30. The molecule has 4 nitrogen and oxygen atoms in total. The van der Waals surface area contributed by atoms with Crippen LogP contribution in [0.25, 0.3) is 0 Å². The van der Waals surface area contributed by atoms with E-state index in [1.807, 2.05) is 28.9 Å². The van der Waals surface area contributed by atoms with E-state index in [2.05, 4.69) is 37.9 Å². The van der Waals surface area contributed by atoms with Gasteiger partial charge in [-0.25, -0.2) is 0 Å². The third kappa shape index (κ3) is 2.72. The van der Waals surface area contributed by atoms with Crippen molar-refractivity contribution in [1.82, 2.24) is 14.9 Å². The van der Waals surface area contributed by atoms with Crippen LogP contribution < -0.4 is 0 Å². The quantitative estimate of drug-likeness (QED) is 0.798. The van der Waals surface area contributed by atoms with Gasteiger partial charge in [0.2, 0.25) is 5.16 Å². The summed E-state index contributed by atoms with van der Waals surface area (Å²) < 4.78 is 1.87. The fourth-order valence-electron chi connectivity index (χ4n) is 2.21. The maximum Gasteiger partial charge on any atom is 0.212 e. The monoisotopic (exact) mass is 320 g/mol. The first kappa shape index (κ1) is 14.6. The molecule has 0 saturated heterocycles. The molecule has 6 heteroatoms. The first-order valence-corrected chi connectivity index (χ1v) is 8.09. The molecule has 0 N–H and O–H groups in total. The first-order valence-electron chi connectivity index (χ1n) is 6.83. The van der Waals surface area contributed by atoms with Crippen LogP contribution in [0.1, 0.15) is 39.1 Å². The van der Waals surface area contributed by atoms with Crippen LogP contribution in [0.3, 0.4) is 0 Å². The summed E-state index contributed by atoms with van der Waals surface area (Å²) in [5, 5.41) is 15.2. The summed E-state index contributed by atoms with van der Waals surface area (Å²) >= 11 is 7.65. The molecule has 1 aromatic carbocycles. The molecule has 2 aromatic rings. The molecule has 21 heavy (non-hydrogen) atoms. The van der Waals surface area contributed by atoms with Crippen molar-refractivity contribution in [3.8, 4) is 0 Å². The van der Waals surface area contributed by atoms with Gasteiger partial charge in [-0.05, 0) is 24.6 Å². The Morgan fingerprint density at radius 3 is 2.43 bits per heavy atom. The number of rotatable bonds is 1.